The molecule has 0 spiro atoms. The van der Waals surface area contributed by atoms with Crippen LogP contribution in [0.3, 0.4) is 0 Å². The van der Waals surface area contributed by atoms with Gasteiger partial charge in [-0.15, -0.1) is 0 Å². The van der Waals surface area contributed by atoms with Gasteiger partial charge < -0.3 is 10.6 Å². The molecular formula is C17H22FN3O2. The van der Waals surface area contributed by atoms with Crippen LogP contribution in [0.2, 0.25) is 0 Å². The second kappa shape index (κ2) is 6.66. The van der Waals surface area contributed by atoms with Gasteiger partial charge in [0, 0.05) is 25.2 Å². The molecule has 2 N–H and O–H groups in total. The van der Waals surface area contributed by atoms with Gasteiger partial charge >= 0.3 is 0 Å². The van der Waals surface area contributed by atoms with Crippen LogP contribution in [0.15, 0.2) is 24.3 Å². The lowest BCUT2D eigenvalue weighted by atomic mass is 10.0. The Bertz CT molecular complexity index is 603. The standard InChI is InChI=1S/C17H22FN3O2/c1-19-17(23)15(12-5-2-3-6-13(12)18)21-10-4-7-14(21)16(22)20-11-8-9-11/h2-3,5-6,11,14-15H,4,7-10H2,1H3,(H,19,23)(H,20,22)/t14-,15+/m0/s1. The maximum atomic E-state index is 14.2. The molecule has 2 aliphatic rings. The highest BCUT2D eigenvalue weighted by Crippen LogP contribution is 2.32. The van der Waals surface area contributed by atoms with Crippen LogP contribution < -0.4 is 10.6 Å². The Morgan fingerprint density at radius 1 is 1.26 bits per heavy atom. The number of carbonyl (C=O) groups excluding carboxylic acids is 2. The van der Waals surface area contributed by atoms with Crippen LogP contribution in [-0.4, -0.2) is 42.4 Å². The van der Waals surface area contributed by atoms with E-state index in [2.05, 4.69) is 10.6 Å². The summed E-state index contributed by atoms with van der Waals surface area (Å²) >= 11 is 0. The minimum Gasteiger partial charge on any atom is -0.358 e. The van der Waals surface area contributed by atoms with Crippen molar-refractivity contribution in [3.05, 3.63) is 35.6 Å². The quantitative estimate of drug-likeness (QED) is 0.861. The molecule has 0 unspecified atom stereocenters. The summed E-state index contributed by atoms with van der Waals surface area (Å²) in [5.74, 6) is -0.759. The average Bonchev–Trinajstić information content (AvgIpc) is 3.23. The molecule has 3 rings (SSSR count). The first kappa shape index (κ1) is 15.9. The number of likely N-dealkylation sites (N-methyl/N-ethyl adjacent to an activating group) is 1. The van der Waals surface area contributed by atoms with Gasteiger partial charge in [-0.25, -0.2) is 4.39 Å². The zero-order valence-corrected chi connectivity index (χ0v) is 13.2. The summed E-state index contributed by atoms with van der Waals surface area (Å²) in [6.45, 7) is 0.606. The molecule has 1 aromatic rings. The van der Waals surface area contributed by atoms with E-state index in [0.717, 1.165) is 19.3 Å². The number of amides is 2. The summed E-state index contributed by atoms with van der Waals surface area (Å²) < 4.78 is 14.2. The Morgan fingerprint density at radius 3 is 2.65 bits per heavy atom. The fourth-order valence-electron chi connectivity index (χ4n) is 3.21. The van der Waals surface area contributed by atoms with E-state index in [1.165, 1.54) is 13.1 Å². The Labute approximate surface area is 135 Å². The van der Waals surface area contributed by atoms with Gasteiger partial charge in [0.15, 0.2) is 0 Å². The predicted molar refractivity (Wildman–Crippen MR) is 84.1 cm³/mol. The normalized spacial score (nSPS) is 22.6. The Balaban J connectivity index is 1.87. The Hall–Kier alpha value is -1.95. The first-order chi connectivity index (χ1) is 11.1. The van der Waals surface area contributed by atoms with Gasteiger partial charge in [-0.05, 0) is 31.7 Å². The van der Waals surface area contributed by atoms with E-state index < -0.39 is 11.9 Å². The SMILES string of the molecule is CNC(=O)[C@@H](c1ccccc1F)N1CCC[C@H]1C(=O)NC1CC1. The summed E-state index contributed by atoms with van der Waals surface area (Å²) in [7, 11) is 1.53. The third-order valence-corrected chi connectivity index (χ3v) is 4.55. The molecule has 124 valence electrons. The van der Waals surface area contributed by atoms with Gasteiger partial charge in [0.2, 0.25) is 11.8 Å². The highest BCUT2D eigenvalue weighted by atomic mass is 19.1. The molecule has 1 aliphatic heterocycles. The molecule has 0 radical (unpaired) electrons. The zero-order valence-electron chi connectivity index (χ0n) is 13.2. The van der Waals surface area contributed by atoms with Gasteiger partial charge in [-0.2, -0.15) is 0 Å². The van der Waals surface area contributed by atoms with Crippen LogP contribution in [0.4, 0.5) is 4.39 Å². The second-order valence-electron chi connectivity index (χ2n) is 6.22. The number of likely N-dealkylation sites (tertiary alicyclic amines) is 1. The molecule has 1 aromatic carbocycles. The maximum Gasteiger partial charge on any atom is 0.241 e. The van der Waals surface area contributed by atoms with Crippen LogP contribution in [0.25, 0.3) is 0 Å². The second-order valence-corrected chi connectivity index (χ2v) is 6.22. The number of benzene rings is 1. The summed E-state index contributed by atoms with van der Waals surface area (Å²) in [4.78, 5) is 26.7. The van der Waals surface area contributed by atoms with E-state index in [1.54, 1.807) is 18.2 Å². The summed E-state index contributed by atoms with van der Waals surface area (Å²) in [5, 5.41) is 5.60. The molecule has 1 heterocycles. The summed E-state index contributed by atoms with van der Waals surface area (Å²) in [6, 6.07) is 5.39. The number of nitrogens with one attached hydrogen (secondary N) is 2. The number of hydrogen-bond acceptors (Lipinski definition) is 3. The average molecular weight is 319 g/mol. The van der Waals surface area contributed by atoms with Crippen molar-refractivity contribution in [2.45, 2.75) is 43.8 Å². The monoisotopic (exact) mass is 319 g/mol. The van der Waals surface area contributed by atoms with Crippen LogP contribution in [0.1, 0.15) is 37.3 Å². The number of hydrogen-bond donors (Lipinski definition) is 2. The van der Waals surface area contributed by atoms with Crippen LogP contribution >= 0.6 is 0 Å². The van der Waals surface area contributed by atoms with Crippen molar-refractivity contribution in [1.29, 1.82) is 0 Å². The molecule has 2 fully saturated rings. The van der Waals surface area contributed by atoms with Gasteiger partial charge in [0.05, 0.1) is 6.04 Å². The van der Waals surface area contributed by atoms with Crippen molar-refractivity contribution < 1.29 is 14.0 Å². The van der Waals surface area contributed by atoms with Crippen molar-refractivity contribution in [1.82, 2.24) is 15.5 Å². The molecule has 2 atom stereocenters. The molecule has 1 aliphatic carbocycles. The van der Waals surface area contributed by atoms with Crippen molar-refractivity contribution in [3.8, 4) is 0 Å². The fourth-order valence-corrected chi connectivity index (χ4v) is 3.21. The molecular weight excluding hydrogens is 297 g/mol. The Kier molecular flexibility index (Phi) is 4.61. The number of rotatable bonds is 5. The number of nitrogens with zero attached hydrogens (tertiary/aromatic N) is 1. The van der Waals surface area contributed by atoms with Gasteiger partial charge in [0.1, 0.15) is 11.9 Å². The van der Waals surface area contributed by atoms with Crippen molar-refractivity contribution in [3.63, 3.8) is 0 Å². The lowest BCUT2D eigenvalue weighted by Gasteiger charge is -2.31. The largest absolute Gasteiger partial charge is 0.358 e. The lowest BCUT2D eigenvalue weighted by molar-refractivity contribution is -0.131. The van der Waals surface area contributed by atoms with Crippen molar-refractivity contribution >= 4 is 11.8 Å². The molecule has 6 heteroatoms. The van der Waals surface area contributed by atoms with E-state index >= 15 is 0 Å². The maximum absolute atomic E-state index is 14.2. The summed E-state index contributed by atoms with van der Waals surface area (Å²) in [6.07, 6.45) is 3.56. The first-order valence-electron chi connectivity index (χ1n) is 8.14. The van der Waals surface area contributed by atoms with Gasteiger partial charge in [-0.3, -0.25) is 14.5 Å². The van der Waals surface area contributed by atoms with E-state index in [4.69, 9.17) is 0 Å². The molecule has 1 saturated heterocycles. The molecule has 0 aromatic heterocycles. The fraction of sp³-hybridized carbons (Fsp3) is 0.529. The van der Waals surface area contributed by atoms with Gasteiger partial charge in [0.25, 0.3) is 0 Å². The van der Waals surface area contributed by atoms with Crippen molar-refractivity contribution in [2.75, 3.05) is 13.6 Å². The molecule has 23 heavy (non-hydrogen) atoms. The minimum absolute atomic E-state index is 0.0461. The lowest BCUT2D eigenvalue weighted by Crippen LogP contribution is -2.49. The van der Waals surface area contributed by atoms with Crippen LogP contribution in [0, 0.1) is 5.82 Å². The molecule has 0 bridgehead atoms. The molecule has 1 saturated carbocycles. The predicted octanol–water partition coefficient (Wildman–Crippen LogP) is 1.36. The van der Waals surface area contributed by atoms with E-state index in [-0.39, 0.29) is 23.9 Å². The zero-order chi connectivity index (χ0) is 16.4. The third-order valence-electron chi connectivity index (χ3n) is 4.55. The van der Waals surface area contributed by atoms with Crippen LogP contribution in [0.5, 0.6) is 0 Å². The van der Waals surface area contributed by atoms with Gasteiger partial charge in [-0.1, -0.05) is 18.2 Å². The molecule has 2 amide bonds. The van der Waals surface area contributed by atoms with E-state index in [0.29, 0.717) is 18.5 Å². The number of carbonyl (C=O) groups is 2. The van der Waals surface area contributed by atoms with Crippen LogP contribution in [-0.2, 0) is 9.59 Å². The number of halogens is 1. The van der Waals surface area contributed by atoms with E-state index in [1.807, 2.05) is 4.90 Å². The highest BCUT2D eigenvalue weighted by molar-refractivity contribution is 5.86. The summed E-state index contributed by atoms with van der Waals surface area (Å²) in [5.41, 5.74) is 0.318. The minimum atomic E-state index is -0.779. The Morgan fingerprint density at radius 2 is 2.00 bits per heavy atom. The first-order valence-corrected chi connectivity index (χ1v) is 8.14. The third kappa shape index (κ3) is 3.37. The smallest absolute Gasteiger partial charge is 0.241 e. The topological polar surface area (TPSA) is 61.4 Å². The van der Waals surface area contributed by atoms with E-state index in [9.17, 15) is 14.0 Å². The molecule has 5 nitrogen and oxygen atoms in total. The highest BCUT2D eigenvalue weighted by Gasteiger charge is 2.41. The van der Waals surface area contributed by atoms with Crippen molar-refractivity contribution in [2.24, 2.45) is 0 Å².